The van der Waals surface area contributed by atoms with E-state index in [1.165, 1.54) is 18.4 Å². The predicted octanol–water partition coefficient (Wildman–Crippen LogP) is 2.49. The summed E-state index contributed by atoms with van der Waals surface area (Å²) < 4.78 is 0. The molecule has 0 aliphatic rings. The molecule has 0 aliphatic heterocycles. The molecule has 0 aliphatic carbocycles. The van der Waals surface area contributed by atoms with Crippen molar-refractivity contribution >= 4 is 28.7 Å². The molecule has 1 aromatic carbocycles. The molecule has 7 nitrogen and oxygen atoms in total. The average Bonchev–Trinajstić information content (AvgIpc) is 3.15. The van der Waals surface area contributed by atoms with Crippen molar-refractivity contribution in [2.24, 2.45) is 10.3 Å². The minimum atomic E-state index is -0.337. The maximum atomic E-state index is 12.1. The molecule has 2 aromatic rings. The molecule has 0 fully saturated rings. The lowest BCUT2D eigenvalue weighted by atomic mass is 9.98. The summed E-state index contributed by atoms with van der Waals surface area (Å²) in [7, 11) is 2.94. The van der Waals surface area contributed by atoms with Gasteiger partial charge in [0, 0.05) is 29.8 Å². The Morgan fingerprint density at radius 2 is 2.16 bits per heavy atom. The molecule has 1 N–H and O–H groups in total. The highest BCUT2D eigenvalue weighted by Gasteiger charge is 2.19. The molecular weight excluding hydrogens is 340 g/mol. The van der Waals surface area contributed by atoms with Gasteiger partial charge in [0.05, 0.1) is 0 Å². The third-order valence-corrected chi connectivity index (χ3v) is 4.32. The Hall–Kier alpha value is -2.74. The summed E-state index contributed by atoms with van der Waals surface area (Å²) in [5.74, 6) is -0.337. The zero-order valence-electron chi connectivity index (χ0n) is 14.6. The zero-order chi connectivity index (χ0) is 18.2. The van der Waals surface area contributed by atoms with Crippen molar-refractivity contribution in [3.05, 3.63) is 51.5 Å². The topological polar surface area (TPSA) is 85.2 Å². The second-order valence-electron chi connectivity index (χ2n) is 5.09. The quantitative estimate of drug-likeness (QED) is 0.607. The van der Waals surface area contributed by atoms with Crippen LogP contribution in [0.25, 0.3) is 0 Å². The Balaban J connectivity index is 2.27. The number of thiazole rings is 1. The van der Waals surface area contributed by atoms with Crippen molar-refractivity contribution in [2.45, 2.75) is 20.5 Å². The summed E-state index contributed by atoms with van der Waals surface area (Å²) >= 11 is 1.49. The smallest absolute Gasteiger partial charge is 0.273 e. The number of aryl methyl sites for hydroxylation is 1. The fraction of sp³-hybridized carbons (Fsp3) is 0.294. The SMILES string of the molecule is CNC(=O)/C(=N/OC)c1cccc(C)c1CO/N=C(\C)c1nccs1. The highest BCUT2D eigenvalue weighted by molar-refractivity contribution is 7.11. The fourth-order valence-corrected chi connectivity index (χ4v) is 2.75. The number of oxime groups is 2. The minimum absolute atomic E-state index is 0.188. The maximum Gasteiger partial charge on any atom is 0.273 e. The molecule has 8 heteroatoms. The molecule has 0 saturated carbocycles. The number of benzene rings is 1. The Bertz CT molecular complexity index is 785. The zero-order valence-corrected chi connectivity index (χ0v) is 15.4. The molecule has 0 bridgehead atoms. The van der Waals surface area contributed by atoms with Gasteiger partial charge >= 0.3 is 0 Å². The number of aromatic nitrogens is 1. The van der Waals surface area contributed by atoms with Crippen molar-refractivity contribution < 1.29 is 14.5 Å². The van der Waals surface area contributed by atoms with Gasteiger partial charge < -0.3 is 15.0 Å². The van der Waals surface area contributed by atoms with Crippen LogP contribution in [0.5, 0.6) is 0 Å². The van der Waals surface area contributed by atoms with E-state index in [1.807, 2.05) is 31.4 Å². The van der Waals surface area contributed by atoms with Crippen LogP contribution >= 0.6 is 11.3 Å². The van der Waals surface area contributed by atoms with Crippen LogP contribution in [0.2, 0.25) is 0 Å². The highest BCUT2D eigenvalue weighted by Crippen LogP contribution is 2.18. The Morgan fingerprint density at radius 3 is 2.80 bits per heavy atom. The minimum Gasteiger partial charge on any atom is -0.398 e. The van der Waals surface area contributed by atoms with Crippen LogP contribution in [0, 0.1) is 6.92 Å². The molecule has 0 atom stereocenters. The lowest BCUT2D eigenvalue weighted by Crippen LogP contribution is -2.29. The molecule has 2 rings (SSSR count). The third kappa shape index (κ3) is 4.63. The summed E-state index contributed by atoms with van der Waals surface area (Å²) in [5, 5.41) is 13.2. The fourth-order valence-electron chi connectivity index (χ4n) is 2.17. The van der Waals surface area contributed by atoms with E-state index in [1.54, 1.807) is 19.3 Å². The van der Waals surface area contributed by atoms with Gasteiger partial charge in [-0.15, -0.1) is 11.3 Å². The number of carbonyl (C=O) groups is 1. The van der Waals surface area contributed by atoms with Crippen molar-refractivity contribution in [1.82, 2.24) is 10.3 Å². The van der Waals surface area contributed by atoms with E-state index >= 15 is 0 Å². The molecule has 25 heavy (non-hydrogen) atoms. The molecule has 1 aromatic heterocycles. The number of nitrogens with one attached hydrogen (secondary N) is 1. The summed E-state index contributed by atoms with van der Waals surface area (Å²) in [6.45, 7) is 3.97. The Morgan fingerprint density at radius 1 is 1.36 bits per heavy atom. The molecule has 0 radical (unpaired) electrons. The number of likely N-dealkylation sites (N-methyl/N-ethyl adjacent to an activating group) is 1. The van der Waals surface area contributed by atoms with Gasteiger partial charge in [-0.3, -0.25) is 4.79 Å². The maximum absolute atomic E-state index is 12.1. The number of hydrogen-bond donors (Lipinski definition) is 1. The molecule has 132 valence electrons. The van der Waals surface area contributed by atoms with Gasteiger partial charge in [0.15, 0.2) is 5.71 Å². The lowest BCUT2D eigenvalue weighted by molar-refractivity contribution is -0.114. The first-order valence-corrected chi connectivity index (χ1v) is 8.45. The van der Waals surface area contributed by atoms with Gasteiger partial charge in [-0.1, -0.05) is 28.5 Å². The van der Waals surface area contributed by atoms with Gasteiger partial charge in [0.1, 0.15) is 24.4 Å². The van der Waals surface area contributed by atoms with E-state index < -0.39 is 0 Å². The van der Waals surface area contributed by atoms with Gasteiger partial charge in [-0.2, -0.15) is 0 Å². The van der Waals surface area contributed by atoms with Crippen molar-refractivity contribution in [2.75, 3.05) is 14.2 Å². The van der Waals surface area contributed by atoms with E-state index in [0.29, 0.717) is 11.3 Å². The summed E-state index contributed by atoms with van der Waals surface area (Å²) in [4.78, 5) is 26.6. The standard InChI is InChI=1S/C17H20N4O3S/c1-11-6-5-7-13(15(21-23-4)16(22)18-3)14(11)10-24-20-12(2)17-19-8-9-25-17/h5-9H,10H2,1-4H3,(H,18,22)/b20-12+,21-15+. The second kappa shape index (κ2) is 8.93. The molecule has 1 heterocycles. The monoisotopic (exact) mass is 360 g/mol. The van der Waals surface area contributed by atoms with Gasteiger partial charge in [-0.25, -0.2) is 4.98 Å². The normalized spacial score (nSPS) is 12.0. The van der Waals surface area contributed by atoms with Crippen LogP contribution in [0.15, 0.2) is 40.1 Å². The summed E-state index contributed by atoms with van der Waals surface area (Å²) in [5.41, 5.74) is 3.31. The first-order valence-electron chi connectivity index (χ1n) is 7.57. The van der Waals surface area contributed by atoms with Crippen LogP contribution in [-0.2, 0) is 21.1 Å². The van der Waals surface area contributed by atoms with Gasteiger partial charge in [0.2, 0.25) is 0 Å². The molecular formula is C17H20N4O3S. The lowest BCUT2D eigenvalue weighted by Gasteiger charge is -2.12. The van der Waals surface area contributed by atoms with Crippen LogP contribution < -0.4 is 5.32 Å². The number of carbonyl (C=O) groups excluding carboxylic acids is 1. The van der Waals surface area contributed by atoms with E-state index in [0.717, 1.165) is 16.1 Å². The van der Waals surface area contributed by atoms with Crippen LogP contribution in [0.3, 0.4) is 0 Å². The van der Waals surface area contributed by atoms with Crippen molar-refractivity contribution in [1.29, 1.82) is 0 Å². The number of amides is 1. The predicted molar refractivity (Wildman–Crippen MR) is 97.9 cm³/mol. The molecule has 0 unspecified atom stereocenters. The number of nitrogens with zero attached hydrogens (tertiary/aromatic N) is 3. The van der Waals surface area contributed by atoms with Crippen molar-refractivity contribution in [3.63, 3.8) is 0 Å². The van der Waals surface area contributed by atoms with Crippen LogP contribution in [-0.4, -0.2) is 36.5 Å². The number of hydrogen-bond acceptors (Lipinski definition) is 7. The molecule has 0 saturated heterocycles. The van der Waals surface area contributed by atoms with E-state index in [-0.39, 0.29) is 18.2 Å². The first-order chi connectivity index (χ1) is 12.1. The van der Waals surface area contributed by atoms with E-state index in [9.17, 15) is 4.79 Å². The molecule has 1 amide bonds. The number of rotatable bonds is 7. The Kier molecular flexibility index (Phi) is 6.64. The van der Waals surface area contributed by atoms with Gasteiger partial charge in [-0.05, 0) is 19.4 Å². The second-order valence-corrected chi connectivity index (χ2v) is 5.98. The van der Waals surface area contributed by atoms with Crippen LogP contribution in [0.4, 0.5) is 0 Å². The summed E-state index contributed by atoms with van der Waals surface area (Å²) in [6.07, 6.45) is 1.72. The first kappa shape index (κ1) is 18.6. The summed E-state index contributed by atoms with van der Waals surface area (Å²) in [6, 6.07) is 5.59. The van der Waals surface area contributed by atoms with E-state index in [2.05, 4.69) is 20.6 Å². The largest absolute Gasteiger partial charge is 0.398 e. The highest BCUT2D eigenvalue weighted by atomic mass is 32.1. The van der Waals surface area contributed by atoms with Crippen molar-refractivity contribution in [3.8, 4) is 0 Å². The average molecular weight is 360 g/mol. The van der Waals surface area contributed by atoms with Gasteiger partial charge in [0.25, 0.3) is 5.91 Å². The van der Waals surface area contributed by atoms with E-state index in [4.69, 9.17) is 9.68 Å². The Labute approximate surface area is 150 Å². The third-order valence-electron chi connectivity index (χ3n) is 3.44. The van der Waals surface area contributed by atoms with Crippen LogP contribution in [0.1, 0.15) is 28.6 Å². The molecule has 0 spiro atoms.